The van der Waals surface area contributed by atoms with E-state index in [4.69, 9.17) is 4.74 Å². The number of ether oxygens (including phenoxy) is 1. The van der Waals surface area contributed by atoms with E-state index in [1.165, 1.54) is 11.8 Å². The minimum atomic E-state index is -0.459. The predicted octanol–water partition coefficient (Wildman–Crippen LogP) is 4.41. The van der Waals surface area contributed by atoms with Crippen LogP contribution in [0.15, 0.2) is 46.1 Å². The molecule has 0 bridgehead atoms. The Morgan fingerprint density at radius 3 is 2.50 bits per heavy atom. The van der Waals surface area contributed by atoms with E-state index >= 15 is 0 Å². The van der Waals surface area contributed by atoms with Gasteiger partial charge in [-0.3, -0.25) is 9.59 Å². The van der Waals surface area contributed by atoms with Gasteiger partial charge in [-0.25, -0.2) is 0 Å². The molecule has 0 saturated carbocycles. The highest BCUT2D eigenvalue weighted by Gasteiger charge is 2.42. The lowest BCUT2D eigenvalue weighted by Gasteiger charge is -2.39. The first kappa shape index (κ1) is 23.9. The summed E-state index contributed by atoms with van der Waals surface area (Å²) in [6.45, 7) is 9.94. The van der Waals surface area contributed by atoms with Gasteiger partial charge in [0.15, 0.2) is 5.78 Å². The number of ketones is 1. The third-order valence-corrected chi connectivity index (χ3v) is 6.46. The number of amides is 1. The Kier molecular flexibility index (Phi) is 6.75. The van der Waals surface area contributed by atoms with Gasteiger partial charge in [0.25, 0.3) is 0 Å². The van der Waals surface area contributed by atoms with Crippen LogP contribution in [0.3, 0.4) is 0 Å². The van der Waals surface area contributed by atoms with Gasteiger partial charge in [0, 0.05) is 23.2 Å². The fourth-order valence-electron chi connectivity index (χ4n) is 4.21. The number of rotatable bonds is 5. The van der Waals surface area contributed by atoms with E-state index < -0.39 is 5.92 Å². The largest absolute Gasteiger partial charge is 0.497 e. The lowest BCUT2D eigenvalue weighted by atomic mass is 9.69. The SMILES string of the molecule is COc1ccc(C2C(C#N)=C(SCC(=O)NC(C)(C)C)NC3=C2C(=O)CC(C)(C)C3)cc1. The number of dihydropyridines is 1. The highest BCUT2D eigenvalue weighted by atomic mass is 32.2. The van der Waals surface area contributed by atoms with Crippen LogP contribution in [0.5, 0.6) is 5.75 Å². The van der Waals surface area contributed by atoms with Gasteiger partial charge in [-0.15, -0.1) is 0 Å². The molecule has 0 spiro atoms. The highest BCUT2D eigenvalue weighted by molar-refractivity contribution is 8.03. The zero-order valence-electron chi connectivity index (χ0n) is 19.6. The molecule has 170 valence electrons. The molecule has 7 heteroatoms. The molecule has 6 nitrogen and oxygen atoms in total. The van der Waals surface area contributed by atoms with Crippen LogP contribution in [0.2, 0.25) is 0 Å². The van der Waals surface area contributed by atoms with Crippen molar-refractivity contribution < 1.29 is 14.3 Å². The maximum Gasteiger partial charge on any atom is 0.230 e. The Morgan fingerprint density at radius 2 is 1.94 bits per heavy atom. The molecule has 2 N–H and O–H groups in total. The van der Waals surface area contributed by atoms with Crippen LogP contribution in [0.25, 0.3) is 0 Å². The van der Waals surface area contributed by atoms with Gasteiger partial charge < -0.3 is 15.4 Å². The second kappa shape index (κ2) is 9.03. The van der Waals surface area contributed by atoms with E-state index in [0.29, 0.717) is 34.8 Å². The molecular weight excluding hydrogens is 422 g/mol. The molecule has 1 amide bonds. The van der Waals surface area contributed by atoms with Gasteiger partial charge in [-0.2, -0.15) is 5.26 Å². The molecule has 1 atom stereocenters. The molecule has 0 radical (unpaired) electrons. The Hall–Kier alpha value is -2.72. The van der Waals surface area contributed by atoms with E-state index in [2.05, 4.69) is 30.6 Å². The predicted molar refractivity (Wildman–Crippen MR) is 127 cm³/mol. The number of benzene rings is 1. The van der Waals surface area contributed by atoms with Crippen LogP contribution < -0.4 is 15.4 Å². The average molecular weight is 454 g/mol. The van der Waals surface area contributed by atoms with Crippen molar-refractivity contribution in [3.8, 4) is 11.8 Å². The summed E-state index contributed by atoms with van der Waals surface area (Å²) >= 11 is 1.31. The summed E-state index contributed by atoms with van der Waals surface area (Å²) in [5.74, 6) is 0.393. The lowest BCUT2D eigenvalue weighted by Crippen LogP contribution is -2.42. The van der Waals surface area contributed by atoms with Crippen LogP contribution >= 0.6 is 11.8 Å². The molecule has 2 aliphatic rings. The summed E-state index contributed by atoms with van der Waals surface area (Å²) in [7, 11) is 1.60. The van der Waals surface area contributed by atoms with Gasteiger partial charge in [0.2, 0.25) is 5.91 Å². The fourth-order valence-corrected chi connectivity index (χ4v) is 5.07. The van der Waals surface area contributed by atoms with E-state index in [-0.39, 0.29) is 28.4 Å². The Labute approximate surface area is 194 Å². The standard InChI is InChI=1S/C25H31N3O3S/c1-24(2,3)28-20(30)14-32-23-17(13-26)21(15-7-9-16(31-6)10-8-15)22-18(27-23)11-25(4,5)12-19(22)29/h7-10,21,27H,11-12,14H2,1-6H3,(H,28,30). The topological polar surface area (TPSA) is 91.2 Å². The normalized spacial score (nSPS) is 20.3. The van der Waals surface area contributed by atoms with Crippen molar-refractivity contribution in [1.29, 1.82) is 5.26 Å². The van der Waals surface area contributed by atoms with Gasteiger partial charge in [0.1, 0.15) is 5.75 Å². The third-order valence-electron chi connectivity index (χ3n) is 5.44. The quantitative estimate of drug-likeness (QED) is 0.686. The van der Waals surface area contributed by atoms with Gasteiger partial charge >= 0.3 is 0 Å². The Morgan fingerprint density at radius 1 is 1.28 bits per heavy atom. The number of methoxy groups -OCH3 is 1. The summed E-state index contributed by atoms with van der Waals surface area (Å²) in [5, 5.41) is 17.1. The molecule has 1 aliphatic carbocycles. The minimum absolute atomic E-state index is 0.0619. The van der Waals surface area contributed by atoms with Crippen LogP contribution in [0, 0.1) is 16.7 Å². The molecule has 1 heterocycles. The number of carbonyl (C=O) groups excluding carboxylic acids is 2. The number of hydrogen-bond donors (Lipinski definition) is 2. The van der Waals surface area contributed by atoms with Crippen LogP contribution in [-0.2, 0) is 9.59 Å². The number of hydrogen-bond acceptors (Lipinski definition) is 6. The number of carbonyl (C=O) groups is 2. The first-order chi connectivity index (χ1) is 14.9. The minimum Gasteiger partial charge on any atom is -0.497 e. The van der Waals surface area contributed by atoms with E-state index in [1.807, 2.05) is 45.0 Å². The molecule has 0 fully saturated rings. The lowest BCUT2D eigenvalue weighted by molar-refractivity contribution is -0.120. The summed E-state index contributed by atoms with van der Waals surface area (Å²) in [6, 6.07) is 9.81. The highest BCUT2D eigenvalue weighted by Crippen LogP contribution is 2.47. The van der Waals surface area contributed by atoms with Gasteiger partial charge in [0.05, 0.1) is 35.5 Å². The molecule has 1 aromatic rings. The number of Topliss-reactive ketones (excluding diaryl/α,β-unsaturated/α-hetero) is 1. The third kappa shape index (κ3) is 5.36. The molecule has 1 unspecified atom stereocenters. The summed E-state index contributed by atoms with van der Waals surface area (Å²) in [5.41, 5.74) is 2.35. The van der Waals surface area contributed by atoms with Crippen molar-refractivity contribution >= 4 is 23.5 Å². The van der Waals surface area contributed by atoms with Crippen molar-refractivity contribution in [2.45, 2.75) is 58.9 Å². The number of nitrogens with one attached hydrogen (secondary N) is 2. The van der Waals surface area contributed by atoms with Crippen LogP contribution in [0.1, 0.15) is 58.9 Å². The molecule has 0 aromatic heterocycles. The molecule has 0 saturated heterocycles. The summed E-state index contributed by atoms with van der Waals surface area (Å²) in [4.78, 5) is 25.6. The van der Waals surface area contributed by atoms with Crippen LogP contribution in [-0.4, -0.2) is 30.1 Å². The molecule has 32 heavy (non-hydrogen) atoms. The number of allylic oxidation sites excluding steroid dienone is 3. The maximum absolute atomic E-state index is 13.2. The average Bonchev–Trinajstić information content (AvgIpc) is 2.69. The maximum atomic E-state index is 13.2. The first-order valence-electron chi connectivity index (χ1n) is 10.7. The number of thioether (sulfide) groups is 1. The van der Waals surface area contributed by atoms with Crippen molar-refractivity contribution in [2.24, 2.45) is 5.41 Å². The zero-order chi connectivity index (χ0) is 23.7. The Bertz CT molecular complexity index is 1020. The molecule has 1 aliphatic heterocycles. The smallest absolute Gasteiger partial charge is 0.230 e. The van der Waals surface area contributed by atoms with Crippen molar-refractivity contribution in [3.05, 3.63) is 51.7 Å². The molecule has 3 rings (SSSR count). The van der Waals surface area contributed by atoms with E-state index in [1.54, 1.807) is 7.11 Å². The van der Waals surface area contributed by atoms with Crippen molar-refractivity contribution in [1.82, 2.24) is 10.6 Å². The van der Waals surface area contributed by atoms with E-state index in [9.17, 15) is 14.9 Å². The summed E-state index contributed by atoms with van der Waals surface area (Å²) in [6.07, 6.45) is 1.15. The van der Waals surface area contributed by atoms with Crippen molar-refractivity contribution in [3.63, 3.8) is 0 Å². The number of nitrogens with zero attached hydrogens (tertiary/aromatic N) is 1. The second-order valence-electron chi connectivity index (χ2n) is 10.1. The monoisotopic (exact) mass is 453 g/mol. The van der Waals surface area contributed by atoms with Crippen molar-refractivity contribution in [2.75, 3.05) is 12.9 Å². The first-order valence-corrected chi connectivity index (χ1v) is 11.7. The summed E-state index contributed by atoms with van der Waals surface area (Å²) < 4.78 is 5.27. The Balaban J connectivity index is 2.02. The van der Waals surface area contributed by atoms with Gasteiger partial charge in [-0.1, -0.05) is 37.7 Å². The zero-order valence-corrected chi connectivity index (χ0v) is 20.4. The van der Waals surface area contributed by atoms with Crippen LogP contribution in [0.4, 0.5) is 0 Å². The fraction of sp³-hybridized carbons (Fsp3) is 0.480. The second-order valence-corrected chi connectivity index (χ2v) is 11.1. The molecule has 1 aromatic carbocycles. The molecular formula is C25H31N3O3S. The van der Waals surface area contributed by atoms with Gasteiger partial charge in [-0.05, 0) is 50.3 Å². The van der Waals surface area contributed by atoms with E-state index in [0.717, 1.165) is 11.3 Å². The number of nitriles is 1.